The van der Waals surface area contributed by atoms with Gasteiger partial charge in [-0.2, -0.15) is 0 Å². The number of aliphatic carboxylic acids is 1. The molecule has 2 N–H and O–H groups in total. The van der Waals surface area contributed by atoms with E-state index < -0.39 is 12.0 Å². The number of amides is 1. The molecule has 0 spiro atoms. The van der Waals surface area contributed by atoms with Gasteiger partial charge in [-0.25, -0.2) is 4.79 Å². The van der Waals surface area contributed by atoms with Crippen molar-refractivity contribution in [3.05, 3.63) is 35.9 Å². The Morgan fingerprint density at radius 2 is 1.78 bits per heavy atom. The van der Waals surface area contributed by atoms with Crippen molar-refractivity contribution in [3.8, 4) is 0 Å². The van der Waals surface area contributed by atoms with E-state index in [1.165, 1.54) is 0 Å². The molecule has 18 heavy (non-hydrogen) atoms. The van der Waals surface area contributed by atoms with Crippen LogP contribution >= 0.6 is 0 Å². The first-order chi connectivity index (χ1) is 8.60. The Morgan fingerprint density at radius 1 is 1.17 bits per heavy atom. The van der Waals surface area contributed by atoms with E-state index in [0.717, 1.165) is 5.56 Å². The van der Waals surface area contributed by atoms with Crippen LogP contribution in [0.1, 0.15) is 38.2 Å². The van der Waals surface area contributed by atoms with Gasteiger partial charge in [0.15, 0.2) is 0 Å². The predicted octanol–water partition coefficient (Wildman–Crippen LogP) is 2.16. The van der Waals surface area contributed by atoms with E-state index in [9.17, 15) is 9.59 Å². The molecule has 1 aromatic rings. The van der Waals surface area contributed by atoms with E-state index in [4.69, 9.17) is 5.11 Å². The van der Waals surface area contributed by atoms with E-state index in [0.29, 0.717) is 12.8 Å². The van der Waals surface area contributed by atoms with Crippen molar-refractivity contribution in [2.45, 2.75) is 38.6 Å². The average molecular weight is 249 g/mol. The normalized spacial score (nSPS) is 13.7. The molecule has 0 fully saturated rings. The van der Waals surface area contributed by atoms with Gasteiger partial charge in [0.25, 0.3) is 0 Å². The molecule has 1 rings (SSSR count). The van der Waals surface area contributed by atoms with Crippen molar-refractivity contribution in [2.24, 2.45) is 0 Å². The second kappa shape index (κ2) is 6.79. The second-order valence-electron chi connectivity index (χ2n) is 4.18. The Labute approximate surface area is 107 Å². The van der Waals surface area contributed by atoms with Crippen LogP contribution in [0.5, 0.6) is 0 Å². The minimum atomic E-state index is -0.992. The SMILES string of the molecule is CCC(C(=O)N[C@@H](CC)C(=O)O)c1ccccc1. The molecule has 2 atom stereocenters. The summed E-state index contributed by atoms with van der Waals surface area (Å²) < 4.78 is 0. The summed E-state index contributed by atoms with van der Waals surface area (Å²) in [7, 11) is 0. The van der Waals surface area contributed by atoms with Crippen LogP contribution in [0.3, 0.4) is 0 Å². The molecule has 0 radical (unpaired) electrons. The number of hydrogen-bond donors (Lipinski definition) is 2. The molecule has 4 heteroatoms. The first kappa shape index (κ1) is 14.2. The molecule has 0 heterocycles. The average Bonchev–Trinajstić information content (AvgIpc) is 2.37. The number of carboxylic acid groups (broad SMARTS) is 1. The monoisotopic (exact) mass is 249 g/mol. The summed E-state index contributed by atoms with van der Waals surface area (Å²) in [6, 6.07) is 8.60. The molecule has 0 bridgehead atoms. The largest absolute Gasteiger partial charge is 0.480 e. The van der Waals surface area contributed by atoms with Gasteiger partial charge in [0, 0.05) is 0 Å². The molecular weight excluding hydrogens is 230 g/mol. The number of carbonyl (C=O) groups is 2. The van der Waals surface area contributed by atoms with Crippen LogP contribution in [0.15, 0.2) is 30.3 Å². The molecule has 0 aliphatic carbocycles. The Hall–Kier alpha value is -1.84. The summed E-state index contributed by atoms with van der Waals surface area (Å²) in [4.78, 5) is 23.0. The molecule has 1 aromatic carbocycles. The van der Waals surface area contributed by atoms with E-state index >= 15 is 0 Å². The zero-order valence-corrected chi connectivity index (χ0v) is 10.7. The van der Waals surface area contributed by atoms with Gasteiger partial charge in [0.1, 0.15) is 6.04 Å². The third kappa shape index (κ3) is 3.58. The Morgan fingerprint density at radius 3 is 2.22 bits per heavy atom. The number of hydrogen-bond acceptors (Lipinski definition) is 2. The molecule has 1 unspecified atom stereocenters. The first-order valence-electron chi connectivity index (χ1n) is 6.18. The van der Waals surface area contributed by atoms with Gasteiger partial charge in [-0.1, -0.05) is 44.2 Å². The topological polar surface area (TPSA) is 66.4 Å². The fraction of sp³-hybridized carbons (Fsp3) is 0.429. The van der Waals surface area contributed by atoms with Crippen LogP contribution in [0.4, 0.5) is 0 Å². The molecule has 0 aliphatic rings. The molecular formula is C14H19NO3. The number of carboxylic acids is 1. The Balaban J connectivity index is 2.78. The van der Waals surface area contributed by atoms with Crippen molar-refractivity contribution in [3.63, 3.8) is 0 Å². The first-order valence-corrected chi connectivity index (χ1v) is 6.18. The van der Waals surface area contributed by atoms with Gasteiger partial charge >= 0.3 is 5.97 Å². The van der Waals surface area contributed by atoms with Gasteiger partial charge in [-0.3, -0.25) is 4.79 Å². The smallest absolute Gasteiger partial charge is 0.326 e. The number of nitrogens with one attached hydrogen (secondary N) is 1. The fourth-order valence-electron chi connectivity index (χ4n) is 1.87. The van der Waals surface area contributed by atoms with Crippen LogP contribution in [-0.4, -0.2) is 23.0 Å². The maximum atomic E-state index is 12.1. The molecule has 4 nitrogen and oxygen atoms in total. The van der Waals surface area contributed by atoms with Crippen molar-refractivity contribution < 1.29 is 14.7 Å². The standard InChI is InChI=1S/C14H19NO3/c1-3-11(10-8-6-5-7-9-10)13(16)15-12(4-2)14(17)18/h5-9,11-12H,3-4H2,1-2H3,(H,15,16)(H,17,18)/t11?,12-/m0/s1. The van der Waals surface area contributed by atoms with Gasteiger partial charge < -0.3 is 10.4 Å². The van der Waals surface area contributed by atoms with E-state index in [1.54, 1.807) is 6.92 Å². The summed E-state index contributed by atoms with van der Waals surface area (Å²) in [5.41, 5.74) is 0.915. The summed E-state index contributed by atoms with van der Waals surface area (Å²) >= 11 is 0. The highest BCUT2D eigenvalue weighted by atomic mass is 16.4. The van der Waals surface area contributed by atoms with Crippen molar-refractivity contribution in [2.75, 3.05) is 0 Å². The van der Waals surface area contributed by atoms with E-state index in [2.05, 4.69) is 5.32 Å². The zero-order chi connectivity index (χ0) is 13.5. The van der Waals surface area contributed by atoms with Crippen LogP contribution in [0.25, 0.3) is 0 Å². The highest BCUT2D eigenvalue weighted by Gasteiger charge is 2.23. The van der Waals surface area contributed by atoms with E-state index in [1.807, 2.05) is 37.3 Å². The van der Waals surface area contributed by atoms with Gasteiger partial charge in [0.05, 0.1) is 5.92 Å². The van der Waals surface area contributed by atoms with Crippen molar-refractivity contribution >= 4 is 11.9 Å². The van der Waals surface area contributed by atoms with Gasteiger partial charge in [-0.15, -0.1) is 0 Å². The van der Waals surface area contributed by atoms with Crippen molar-refractivity contribution in [1.29, 1.82) is 0 Å². The van der Waals surface area contributed by atoms with Crippen LogP contribution < -0.4 is 5.32 Å². The van der Waals surface area contributed by atoms with Gasteiger partial charge in [0.2, 0.25) is 5.91 Å². The lowest BCUT2D eigenvalue weighted by atomic mass is 9.95. The van der Waals surface area contributed by atoms with Crippen LogP contribution in [-0.2, 0) is 9.59 Å². The maximum Gasteiger partial charge on any atom is 0.326 e. The summed E-state index contributed by atoms with van der Waals surface area (Å²) in [6.45, 7) is 3.65. The highest BCUT2D eigenvalue weighted by Crippen LogP contribution is 2.19. The predicted molar refractivity (Wildman–Crippen MR) is 69.3 cm³/mol. The molecule has 0 saturated carbocycles. The zero-order valence-electron chi connectivity index (χ0n) is 10.7. The van der Waals surface area contributed by atoms with Crippen LogP contribution in [0, 0.1) is 0 Å². The molecule has 1 amide bonds. The molecule has 98 valence electrons. The van der Waals surface area contributed by atoms with Crippen molar-refractivity contribution in [1.82, 2.24) is 5.32 Å². The van der Waals surface area contributed by atoms with Crippen LogP contribution in [0.2, 0.25) is 0 Å². The lowest BCUT2D eigenvalue weighted by Gasteiger charge is -2.18. The lowest BCUT2D eigenvalue weighted by molar-refractivity contribution is -0.142. The number of carbonyl (C=O) groups excluding carboxylic acids is 1. The summed E-state index contributed by atoms with van der Waals surface area (Å²) in [6.07, 6.45) is 1.03. The fourth-order valence-corrected chi connectivity index (χ4v) is 1.87. The quantitative estimate of drug-likeness (QED) is 0.812. The van der Waals surface area contributed by atoms with E-state index in [-0.39, 0.29) is 11.8 Å². The minimum Gasteiger partial charge on any atom is -0.480 e. The molecule has 0 saturated heterocycles. The lowest BCUT2D eigenvalue weighted by Crippen LogP contribution is -2.42. The third-order valence-electron chi connectivity index (χ3n) is 2.95. The Bertz CT molecular complexity index is 403. The maximum absolute atomic E-state index is 12.1. The number of benzene rings is 1. The third-order valence-corrected chi connectivity index (χ3v) is 2.95. The van der Waals surface area contributed by atoms with Gasteiger partial charge in [-0.05, 0) is 18.4 Å². The Kier molecular flexibility index (Phi) is 5.36. The number of rotatable bonds is 6. The highest BCUT2D eigenvalue weighted by molar-refractivity contribution is 5.88. The minimum absolute atomic E-state index is 0.224. The molecule has 0 aromatic heterocycles. The summed E-state index contributed by atoms with van der Waals surface area (Å²) in [5.74, 6) is -1.51. The molecule has 0 aliphatic heterocycles. The second-order valence-corrected chi connectivity index (χ2v) is 4.18. The summed E-state index contributed by atoms with van der Waals surface area (Å²) in [5, 5.41) is 11.5.